The molecule has 1 amide bonds. The highest BCUT2D eigenvalue weighted by Crippen LogP contribution is 2.47. The summed E-state index contributed by atoms with van der Waals surface area (Å²) in [5.41, 5.74) is 1.83. The van der Waals surface area contributed by atoms with Crippen LogP contribution in [-0.2, 0) is 0 Å². The van der Waals surface area contributed by atoms with E-state index < -0.39 is 0 Å². The average molecular weight is 398 g/mol. The van der Waals surface area contributed by atoms with Crippen LogP contribution in [0.25, 0.3) is 0 Å². The monoisotopic (exact) mass is 397 g/mol. The van der Waals surface area contributed by atoms with Crippen molar-refractivity contribution in [1.29, 1.82) is 0 Å². The van der Waals surface area contributed by atoms with Crippen LogP contribution in [-0.4, -0.2) is 58.7 Å². The van der Waals surface area contributed by atoms with Gasteiger partial charge in [-0.15, -0.1) is 11.8 Å². The molecular weight excluding hydrogens is 373 g/mol. The number of piperidine rings is 3. The zero-order valence-electron chi connectivity index (χ0n) is 15.9. The fraction of sp³-hybridized carbons (Fsp3) is 0.455. The largest absolute Gasteiger partial charge is 0.333 e. The molecule has 2 aromatic rings. The molecule has 146 valence electrons. The lowest BCUT2D eigenvalue weighted by Gasteiger charge is -2.51. The highest BCUT2D eigenvalue weighted by Gasteiger charge is 2.54. The highest BCUT2D eigenvalue weighted by atomic mass is 32.2. The molecule has 6 heteroatoms. The number of halogens is 1. The number of amides is 1. The van der Waals surface area contributed by atoms with E-state index in [1.165, 1.54) is 23.9 Å². The topological polar surface area (TPSA) is 36.4 Å². The second-order valence-electron chi connectivity index (χ2n) is 8.03. The molecule has 0 saturated carbocycles. The van der Waals surface area contributed by atoms with Gasteiger partial charge in [-0.3, -0.25) is 9.69 Å². The molecule has 1 aromatic carbocycles. The molecule has 0 unspecified atom stereocenters. The van der Waals surface area contributed by atoms with Crippen LogP contribution in [0.2, 0.25) is 0 Å². The summed E-state index contributed by atoms with van der Waals surface area (Å²) in [6, 6.07) is 11.2. The minimum absolute atomic E-state index is 0.0887. The van der Waals surface area contributed by atoms with E-state index in [4.69, 9.17) is 0 Å². The number of likely N-dealkylation sites (tertiary alicyclic amines) is 1. The van der Waals surface area contributed by atoms with E-state index in [0.717, 1.165) is 36.5 Å². The molecule has 0 aliphatic carbocycles. The molecule has 4 aliphatic heterocycles. The third kappa shape index (κ3) is 2.85. The number of aromatic nitrogens is 1. The number of hydrogen-bond donors (Lipinski definition) is 0. The summed E-state index contributed by atoms with van der Waals surface area (Å²) in [5.74, 6) is 0.660. The molecule has 3 atom stereocenters. The summed E-state index contributed by atoms with van der Waals surface area (Å²) >= 11 is 1.52. The number of benzene rings is 1. The second-order valence-corrected chi connectivity index (χ2v) is 8.83. The molecule has 4 saturated heterocycles. The van der Waals surface area contributed by atoms with Gasteiger partial charge in [-0.1, -0.05) is 12.1 Å². The first-order valence-corrected chi connectivity index (χ1v) is 11.2. The summed E-state index contributed by atoms with van der Waals surface area (Å²) in [6.45, 7) is 2.90. The predicted octanol–water partition coefficient (Wildman–Crippen LogP) is 3.65. The van der Waals surface area contributed by atoms with Gasteiger partial charge in [-0.05, 0) is 67.9 Å². The van der Waals surface area contributed by atoms with Gasteiger partial charge in [-0.25, -0.2) is 9.37 Å². The van der Waals surface area contributed by atoms with Gasteiger partial charge in [0.15, 0.2) is 0 Å². The van der Waals surface area contributed by atoms with Crippen molar-refractivity contribution in [3.8, 4) is 0 Å². The van der Waals surface area contributed by atoms with Gasteiger partial charge in [0.2, 0.25) is 0 Å². The molecule has 0 spiro atoms. The van der Waals surface area contributed by atoms with Gasteiger partial charge in [-0.2, -0.15) is 0 Å². The Morgan fingerprint density at radius 3 is 2.61 bits per heavy atom. The number of rotatable bonds is 3. The maximum absolute atomic E-state index is 13.6. The van der Waals surface area contributed by atoms with E-state index in [0.29, 0.717) is 24.1 Å². The Morgan fingerprint density at radius 2 is 1.89 bits per heavy atom. The van der Waals surface area contributed by atoms with E-state index in [1.807, 2.05) is 30.5 Å². The Bertz CT molecular complexity index is 882. The molecule has 0 N–H and O–H groups in total. The normalized spacial score (nSPS) is 31.1. The van der Waals surface area contributed by atoms with Gasteiger partial charge < -0.3 is 4.90 Å². The number of hydrogen-bond acceptors (Lipinski definition) is 4. The zero-order valence-corrected chi connectivity index (χ0v) is 16.7. The first kappa shape index (κ1) is 18.1. The summed E-state index contributed by atoms with van der Waals surface area (Å²) in [4.78, 5) is 22.6. The van der Waals surface area contributed by atoms with Crippen LogP contribution >= 0.6 is 11.8 Å². The standard InChI is InChI=1S/C22H24FN3OS/c1-28-21-17(3-2-10-24-21)22(27)26-13-18(14-4-6-16(23)7-5-14)20-19(26)15-8-11-25(20)12-9-15/h2-7,10,15,18-20H,8-9,11-13H2,1H3/t18-,19+,20+/m1/s1. The highest BCUT2D eigenvalue weighted by molar-refractivity contribution is 7.98. The smallest absolute Gasteiger partial charge is 0.256 e. The van der Waals surface area contributed by atoms with Crippen molar-refractivity contribution in [2.24, 2.45) is 5.92 Å². The minimum atomic E-state index is -0.211. The first-order chi connectivity index (χ1) is 13.7. The van der Waals surface area contributed by atoms with Gasteiger partial charge in [0.25, 0.3) is 5.91 Å². The van der Waals surface area contributed by atoms with Crippen LogP contribution in [0.3, 0.4) is 0 Å². The van der Waals surface area contributed by atoms with Crippen LogP contribution in [0.4, 0.5) is 4.39 Å². The zero-order chi connectivity index (χ0) is 19.3. The van der Waals surface area contributed by atoms with Gasteiger partial charge in [0, 0.05) is 24.7 Å². The first-order valence-electron chi connectivity index (χ1n) is 9.97. The molecule has 6 rings (SSSR count). The molecule has 4 aliphatic rings. The number of thioether (sulfide) groups is 1. The lowest BCUT2D eigenvalue weighted by atomic mass is 9.75. The molecule has 4 nitrogen and oxygen atoms in total. The molecule has 4 fully saturated rings. The molecule has 28 heavy (non-hydrogen) atoms. The summed E-state index contributed by atoms with van der Waals surface area (Å²) < 4.78 is 13.5. The summed E-state index contributed by atoms with van der Waals surface area (Å²) in [7, 11) is 0. The van der Waals surface area contributed by atoms with Crippen molar-refractivity contribution in [2.45, 2.75) is 35.9 Å². The number of carbonyl (C=O) groups excluding carboxylic acids is 1. The molecule has 5 heterocycles. The Labute approximate surface area is 169 Å². The Hall–Kier alpha value is -1.92. The van der Waals surface area contributed by atoms with Crippen LogP contribution in [0, 0.1) is 11.7 Å². The Morgan fingerprint density at radius 1 is 1.14 bits per heavy atom. The van der Waals surface area contributed by atoms with E-state index in [2.05, 4.69) is 14.8 Å². The van der Waals surface area contributed by atoms with Crippen molar-refractivity contribution in [1.82, 2.24) is 14.8 Å². The van der Waals surface area contributed by atoms with E-state index in [9.17, 15) is 9.18 Å². The van der Waals surface area contributed by atoms with Gasteiger partial charge in [0.05, 0.1) is 11.6 Å². The number of fused-ring (bicyclic) bond motifs is 2. The minimum Gasteiger partial charge on any atom is -0.333 e. The van der Waals surface area contributed by atoms with E-state index in [1.54, 1.807) is 6.20 Å². The quantitative estimate of drug-likeness (QED) is 0.741. The fourth-order valence-electron chi connectivity index (χ4n) is 5.53. The van der Waals surface area contributed by atoms with Crippen molar-refractivity contribution >= 4 is 17.7 Å². The maximum Gasteiger partial charge on any atom is 0.256 e. The number of pyridine rings is 1. The van der Waals surface area contributed by atoms with Gasteiger partial charge in [0.1, 0.15) is 10.8 Å². The van der Waals surface area contributed by atoms with Gasteiger partial charge >= 0.3 is 0 Å². The Kier molecular flexibility index (Phi) is 4.63. The van der Waals surface area contributed by atoms with E-state index in [-0.39, 0.29) is 23.7 Å². The van der Waals surface area contributed by atoms with Crippen LogP contribution < -0.4 is 0 Å². The lowest BCUT2D eigenvalue weighted by Crippen LogP contribution is -2.60. The van der Waals surface area contributed by atoms with Crippen molar-refractivity contribution < 1.29 is 9.18 Å². The fourth-order valence-corrected chi connectivity index (χ4v) is 6.07. The third-order valence-corrected chi connectivity index (χ3v) is 7.46. The van der Waals surface area contributed by atoms with Crippen molar-refractivity contribution in [2.75, 3.05) is 25.9 Å². The molecule has 0 radical (unpaired) electrons. The molecule has 1 aromatic heterocycles. The van der Waals surface area contributed by atoms with Crippen molar-refractivity contribution in [3.63, 3.8) is 0 Å². The second kappa shape index (κ2) is 7.16. The van der Waals surface area contributed by atoms with Crippen LogP contribution in [0.15, 0.2) is 47.6 Å². The SMILES string of the molecule is CSc1ncccc1C(=O)N1C[C@H](c2ccc(F)cc2)[C@H]2[C@@H]1C1CCN2CC1. The molecular formula is C22H24FN3OS. The van der Waals surface area contributed by atoms with Crippen LogP contribution in [0.1, 0.15) is 34.7 Å². The van der Waals surface area contributed by atoms with Crippen LogP contribution in [0.5, 0.6) is 0 Å². The summed E-state index contributed by atoms with van der Waals surface area (Å²) in [6.07, 6.45) is 6.01. The Balaban J connectivity index is 1.53. The number of nitrogens with zero attached hydrogens (tertiary/aromatic N) is 3. The summed E-state index contributed by atoms with van der Waals surface area (Å²) in [5, 5.41) is 0.788. The lowest BCUT2D eigenvalue weighted by molar-refractivity contribution is -0.00353. The number of carbonyl (C=O) groups is 1. The molecule has 2 bridgehead atoms. The van der Waals surface area contributed by atoms with E-state index >= 15 is 0 Å². The maximum atomic E-state index is 13.6. The van der Waals surface area contributed by atoms with Crippen molar-refractivity contribution in [3.05, 3.63) is 59.5 Å². The third-order valence-electron chi connectivity index (χ3n) is 6.75. The predicted molar refractivity (Wildman–Crippen MR) is 108 cm³/mol. The average Bonchev–Trinajstić information content (AvgIpc) is 3.17.